The van der Waals surface area contributed by atoms with E-state index < -0.39 is 4.92 Å². The molecule has 0 saturated carbocycles. The third-order valence-corrected chi connectivity index (χ3v) is 5.92. The fraction of sp³-hybridized carbons (Fsp3) is 0.0556. The summed E-state index contributed by atoms with van der Waals surface area (Å²) >= 11 is 3.02. The van der Waals surface area contributed by atoms with E-state index in [1.165, 1.54) is 29.5 Å². The maximum absolute atomic E-state index is 12.2. The van der Waals surface area contributed by atoms with Gasteiger partial charge in [-0.2, -0.15) is 0 Å². The topological polar surface area (TPSA) is 98.0 Å². The van der Waals surface area contributed by atoms with Crippen molar-refractivity contribution in [3.8, 4) is 0 Å². The van der Waals surface area contributed by atoms with Crippen LogP contribution in [0.15, 0.2) is 42.5 Å². The molecule has 0 unspecified atom stereocenters. The number of nitrogens with one attached hydrogen (secondary N) is 1. The zero-order valence-electron chi connectivity index (χ0n) is 14.0. The molecule has 0 bridgehead atoms. The fourth-order valence-corrected chi connectivity index (χ4v) is 4.57. The molecule has 2 heterocycles. The molecule has 2 aromatic carbocycles. The Morgan fingerprint density at radius 3 is 2.44 bits per heavy atom. The first kappa shape index (κ1) is 17.3. The van der Waals surface area contributed by atoms with E-state index in [1.807, 2.05) is 19.1 Å². The van der Waals surface area contributed by atoms with Crippen LogP contribution in [-0.4, -0.2) is 20.8 Å². The lowest BCUT2D eigenvalue weighted by molar-refractivity contribution is -0.384. The minimum Gasteiger partial charge on any atom is -0.298 e. The first-order chi connectivity index (χ1) is 13.0. The van der Waals surface area contributed by atoms with Gasteiger partial charge in [0, 0.05) is 18.2 Å². The zero-order valence-corrected chi connectivity index (χ0v) is 15.6. The van der Waals surface area contributed by atoms with Crippen molar-refractivity contribution in [1.29, 1.82) is 0 Å². The summed E-state index contributed by atoms with van der Waals surface area (Å²) in [6.45, 7) is 1.96. The molecule has 7 nitrogen and oxygen atoms in total. The Morgan fingerprint density at radius 2 is 1.74 bits per heavy atom. The Morgan fingerprint density at radius 1 is 1.07 bits per heavy atom. The van der Waals surface area contributed by atoms with Crippen LogP contribution in [0.25, 0.3) is 26.5 Å². The van der Waals surface area contributed by atoms with Crippen molar-refractivity contribution in [2.24, 2.45) is 0 Å². The molecule has 0 aliphatic carbocycles. The molecule has 27 heavy (non-hydrogen) atoms. The van der Waals surface area contributed by atoms with Gasteiger partial charge in [0.15, 0.2) is 5.13 Å². The van der Waals surface area contributed by atoms with E-state index >= 15 is 0 Å². The molecule has 9 heteroatoms. The summed E-state index contributed by atoms with van der Waals surface area (Å²) in [5.41, 5.74) is 2.47. The number of anilines is 1. The number of aryl methyl sites for hydroxylation is 1. The number of amides is 1. The molecule has 0 saturated heterocycles. The summed E-state index contributed by atoms with van der Waals surface area (Å²) in [7, 11) is 0. The van der Waals surface area contributed by atoms with Crippen LogP contribution in [0.2, 0.25) is 0 Å². The van der Waals surface area contributed by atoms with Crippen LogP contribution in [0, 0.1) is 17.0 Å². The number of aromatic nitrogens is 2. The number of nitro groups is 1. The molecule has 0 aliphatic rings. The van der Waals surface area contributed by atoms with Crippen LogP contribution in [0.1, 0.15) is 10.6 Å². The molecule has 134 valence electrons. The number of fused-ring (bicyclic) bond motifs is 3. The molecule has 4 rings (SSSR count). The molecule has 0 atom stereocenters. The third kappa shape index (κ3) is 3.55. The smallest absolute Gasteiger partial charge is 0.269 e. The second-order valence-corrected chi connectivity index (χ2v) is 7.89. The van der Waals surface area contributed by atoms with Gasteiger partial charge in [-0.3, -0.25) is 20.2 Å². The van der Waals surface area contributed by atoms with Gasteiger partial charge < -0.3 is 0 Å². The number of thiazole rings is 2. The number of non-ortho nitro benzene ring substituents is 1. The van der Waals surface area contributed by atoms with Crippen molar-refractivity contribution < 1.29 is 9.72 Å². The number of hydrogen-bond donors (Lipinski definition) is 1. The lowest BCUT2D eigenvalue weighted by Gasteiger charge is -1.96. The monoisotopic (exact) mass is 396 g/mol. The van der Waals surface area contributed by atoms with Crippen molar-refractivity contribution in [2.75, 3.05) is 5.32 Å². The van der Waals surface area contributed by atoms with Gasteiger partial charge in [-0.25, -0.2) is 9.97 Å². The molecular weight excluding hydrogens is 384 g/mol. The van der Waals surface area contributed by atoms with Gasteiger partial charge in [0.1, 0.15) is 0 Å². The van der Waals surface area contributed by atoms with E-state index in [9.17, 15) is 14.9 Å². The molecule has 1 amide bonds. The molecule has 0 aliphatic heterocycles. The SMILES string of the molecule is Cc1nc2ccc3nc(NC(=O)C=Cc4ccc([N+](=O)[O-])cc4)sc3c2s1. The van der Waals surface area contributed by atoms with Crippen LogP contribution < -0.4 is 5.32 Å². The zero-order chi connectivity index (χ0) is 19.0. The predicted octanol–water partition coefficient (Wildman–Crippen LogP) is 4.77. The summed E-state index contributed by atoms with van der Waals surface area (Å²) < 4.78 is 2.08. The van der Waals surface area contributed by atoms with Gasteiger partial charge in [0.2, 0.25) is 5.91 Å². The maximum atomic E-state index is 12.2. The highest BCUT2D eigenvalue weighted by Crippen LogP contribution is 2.35. The normalized spacial score (nSPS) is 11.4. The minimum atomic E-state index is -0.463. The number of rotatable bonds is 4. The van der Waals surface area contributed by atoms with Gasteiger partial charge in [-0.15, -0.1) is 11.3 Å². The average Bonchev–Trinajstić information content (AvgIpc) is 3.22. The second-order valence-electron chi connectivity index (χ2n) is 5.69. The molecular formula is C18H12N4O3S2. The number of carbonyl (C=O) groups excluding carboxylic acids is 1. The van der Waals surface area contributed by atoms with Crippen molar-refractivity contribution in [2.45, 2.75) is 6.92 Å². The Kier molecular flexibility index (Phi) is 4.38. The van der Waals surface area contributed by atoms with Gasteiger partial charge in [-0.1, -0.05) is 11.3 Å². The van der Waals surface area contributed by atoms with Crippen molar-refractivity contribution in [3.05, 3.63) is 63.2 Å². The van der Waals surface area contributed by atoms with Crippen LogP contribution in [0.4, 0.5) is 10.8 Å². The quantitative estimate of drug-likeness (QED) is 0.304. The van der Waals surface area contributed by atoms with Crippen LogP contribution in [0.5, 0.6) is 0 Å². The Labute approximate surface area is 161 Å². The van der Waals surface area contributed by atoms with Crippen molar-refractivity contribution in [1.82, 2.24) is 9.97 Å². The maximum Gasteiger partial charge on any atom is 0.269 e. The lowest BCUT2D eigenvalue weighted by atomic mass is 10.2. The number of nitrogens with zero attached hydrogens (tertiary/aromatic N) is 3. The van der Waals surface area contributed by atoms with Crippen LogP contribution in [-0.2, 0) is 4.79 Å². The summed E-state index contributed by atoms with van der Waals surface area (Å²) in [6.07, 6.45) is 2.97. The van der Waals surface area contributed by atoms with Crippen molar-refractivity contribution >= 4 is 65.9 Å². The molecule has 0 fully saturated rings. The summed E-state index contributed by atoms with van der Waals surface area (Å²) in [4.78, 5) is 31.3. The number of hydrogen-bond acceptors (Lipinski definition) is 7. The third-order valence-electron chi connectivity index (χ3n) is 3.78. The van der Waals surface area contributed by atoms with Gasteiger partial charge in [0.05, 0.1) is 30.4 Å². The number of nitro benzene ring substituents is 1. The molecule has 0 spiro atoms. The highest BCUT2D eigenvalue weighted by molar-refractivity contribution is 7.28. The van der Waals surface area contributed by atoms with Crippen molar-refractivity contribution in [3.63, 3.8) is 0 Å². The average molecular weight is 396 g/mol. The standard InChI is InChI=1S/C18H12N4O3S2/c1-10-19-13-7-8-14-17(16(13)26-10)27-18(20-14)21-15(23)9-4-11-2-5-12(6-3-11)22(24)25/h2-9H,1H3,(H,20,21,23). The highest BCUT2D eigenvalue weighted by Gasteiger charge is 2.11. The lowest BCUT2D eigenvalue weighted by Crippen LogP contribution is -2.07. The molecule has 2 aromatic heterocycles. The highest BCUT2D eigenvalue weighted by atomic mass is 32.1. The Bertz CT molecular complexity index is 1210. The van der Waals surface area contributed by atoms with E-state index in [1.54, 1.807) is 29.5 Å². The van der Waals surface area contributed by atoms with E-state index in [0.717, 1.165) is 25.4 Å². The molecule has 1 N–H and O–H groups in total. The minimum absolute atomic E-state index is 0.00990. The largest absolute Gasteiger partial charge is 0.298 e. The van der Waals surface area contributed by atoms with Crippen LogP contribution in [0.3, 0.4) is 0 Å². The summed E-state index contributed by atoms with van der Waals surface area (Å²) in [5.74, 6) is -0.316. The first-order valence-electron chi connectivity index (χ1n) is 7.90. The Balaban J connectivity index is 1.52. The van der Waals surface area contributed by atoms with Gasteiger partial charge in [-0.05, 0) is 42.8 Å². The Hall–Kier alpha value is -3.17. The van der Waals surface area contributed by atoms with Gasteiger partial charge in [0.25, 0.3) is 5.69 Å². The molecule has 0 radical (unpaired) electrons. The van der Waals surface area contributed by atoms with E-state index in [-0.39, 0.29) is 11.6 Å². The van der Waals surface area contributed by atoms with Crippen LogP contribution >= 0.6 is 22.7 Å². The predicted molar refractivity (Wildman–Crippen MR) is 108 cm³/mol. The number of carbonyl (C=O) groups is 1. The van der Waals surface area contributed by atoms with E-state index in [2.05, 4.69) is 15.3 Å². The summed E-state index contributed by atoms with van der Waals surface area (Å²) in [5, 5.41) is 14.9. The number of benzene rings is 2. The van der Waals surface area contributed by atoms with Gasteiger partial charge >= 0.3 is 0 Å². The first-order valence-corrected chi connectivity index (χ1v) is 9.53. The van der Waals surface area contributed by atoms with E-state index in [0.29, 0.717) is 10.7 Å². The fourth-order valence-electron chi connectivity index (χ4n) is 2.56. The second kappa shape index (κ2) is 6.86. The summed E-state index contributed by atoms with van der Waals surface area (Å²) in [6, 6.07) is 9.79. The van der Waals surface area contributed by atoms with E-state index in [4.69, 9.17) is 0 Å². The molecule has 4 aromatic rings.